The zero-order chi connectivity index (χ0) is 8.48. The van der Waals surface area contributed by atoms with Crippen LogP contribution in [0.5, 0.6) is 0 Å². The van der Waals surface area contributed by atoms with E-state index >= 15 is 0 Å². The average Bonchev–Trinajstić information content (AvgIpc) is 1.86. The van der Waals surface area contributed by atoms with Crippen molar-refractivity contribution >= 4 is 15.7 Å². The Morgan fingerprint density at radius 1 is 1.36 bits per heavy atom. The molecule has 60 valence electrons. The first-order valence-corrected chi connectivity index (χ1v) is 4.67. The lowest BCUT2D eigenvalue weighted by Gasteiger charge is -1.97. The number of sulfone groups is 1. The average molecular weight is 173 g/mol. The third-order valence-corrected chi connectivity index (χ3v) is 2.06. The molecule has 6 heteroatoms. The first-order chi connectivity index (χ1) is 5.02. The summed E-state index contributed by atoms with van der Waals surface area (Å²) >= 11 is 0. The molecule has 11 heavy (non-hydrogen) atoms. The van der Waals surface area contributed by atoms with E-state index in [2.05, 4.69) is 9.97 Å². The molecule has 1 aromatic rings. The number of hydrogen-bond acceptors (Lipinski definition) is 5. The topological polar surface area (TPSA) is 85.9 Å². The Labute approximate surface area is 64.2 Å². The van der Waals surface area contributed by atoms with Crippen LogP contribution in [0.25, 0.3) is 0 Å². The van der Waals surface area contributed by atoms with Crippen LogP contribution >= 0.6 is 0 Å². The number of nitrogens with zero attached hydrogens (tertiary/aromatic N) is 2. The summed E-state index contributed by atoms with van der Waals surface area (Å²) < 4.78 is 21.7. The monoisotopic (exact) mass is 173 g/mol. The molecule has 0 aliphatic carbocycles. The van der Waals surface area contributed by atoms with Gasteiger partial charge in [0.2, 0.25) is 0 Å². The maximum absolute atomic E-state index is 10.9. The maximum Gasteiger partial charge on any atom is 0.197 e. The van der Waals surface area contributed by atoms with Crippen LogP contribution in [0.2, 0.25) is 0 Å². The Hall–Kier alpha value is -1.17. The Morgan fingerprint density at radius 2 is 1.91 bits per heavy atom. The second-order valence-corrected chi connectivity index (χ2v) is 3.95. The largest absolute Gasteiger partial charge is 0.381 e. The van der Waals surface area contributed by atoms with Gasteiger partial charge in [0.15, 0.2) is 20.7 Å². The van der Waals surface area contributed by atoms with Crippen LogP contribution in [-0.4, -0.2) is 24.6 Å². The third kappa shape index (κ3) is 1.64. The first-order valence-electron chi connectivity index (χ1n) is 2.78. The van der Waals surface area contributed by atoms with Crippen molar-refractivity contribution < 1.29 is 8.42 Å². The van der Waals surface area contributed by atoms with Gasteiger partial charge in [-0.05, 0) is 0 Å². The maximum atomic E-state index is 10.9. The zero-order valence-electron chi connectivity index (χ0n) is 5.85. The van der Waals surface area contributed by atoms with E-state index in [-0.39, 0.29) is 10.8 Å². The molecule has 0 aromatic carbocycles. The fourth-order valence-corrected chi connectivity index (χ4v) is 1.31. The van der Waals surface area contributed by atoms with Gasteiger partial charge in [0.1, 0.15) is 0 Å². The minimum Gasteiger partial charge on any atom is -0.381 e. The highest BCUT2D eigenvalue weighted by molar-refractivity contribution is 7.90. The van der Waals surface area contributed by atoms with Crippen LogP contribution in [0.1, 0.15) is 0 Å². The number of anilines is 1. The van der Waals surface area contributed by atoms with Crippen molar-refractivity contribution in [2.45, 2.75) is 5.03 Å². The summed E-state index contributed by atoms with van der Waals surface area (Å²) in [6.07, 6.45) is 3.66. The van der Waals surface area contributed by atoms with Crippen LogP contribution in [0.15, 0.2) is 17.4 Å². The lowest BCUT2D eigenvalue weighted by molar-refractivity contribution is 0.598. The lowest BCUT2D eigenvalue weighted by Crippen LogP contribution is -2.06. The molecule has 0 radical (unpaired) electrons. The van der Waals surface area contributed by atoms with Crippen molar-refractivity contribution in [2.75, 3.05) is 12.0 Å². The minimum absolute atomic E-state index is 0.0602. The molecular formula is C5H7N3O2S. The predicted molar refractivity (Wildman–Crippen MR) is 39.6 cm³/mol. The molecule has 1 heterocycles. The van der Waals surface area contributed by atoms with E-state index in [0.29, 0.717) is 0 Å². The van der Waals surface area contributed by atoms with E-state index in [1.165, 1.54) is 12.4 Å². The van der Waals surface area contributed by atoms with E-state index in [1.807, 2.05) is 0 Å². The predicted octanol–water partition coefficient (Wildman–Crippen LogP) is -0.538. The summed E-state index contributed by atoms with van der Waals surface area (Å²) in [5, 5.41) is -0.167. The highest BCUT2D eigenvalue weighted by Crippen LogP contribution is 2.09. The lowest BCUT2D eigenvalue weighted by atomic mass is 10.7. The molecule has 0 unspecified atom stereocenters. The molecule has 1 aromatic heterocycles. The molecule has 5 nitrogen and oxygen atoms in total. The summed E-state index contributed by atoms with van der Waals surface area (Å²) in [4.78, 5) is 7.16. The number of hydrogen-bond donors (Lipinski definition) is 1. The van der Waals surface area contributed by atoms with Gasteiger partial charge in [-0.25, -0.2) is 18.4 Å². The van der Waals surface area contributed by atoms with Gasteiger partial charge in [-0.1, -0.05) is 0 Å². The zero-order valence-corrected chi connectivity index (χ0v) is 6.67. The molecule has 0 saturated heterocycles. The van der Waals surface area contributed by atoms with Gasteiger partial charge in [0.25, 0.3) is 0 Å². The number of aromatic nitrogens is 2. The van der Waals surface area contributed by atoms with E-state index in [4.69, 9.17) is 5.73 Å². The molecule has 0 spiro atoms. The molecule has 0 aliphatic heterocycles. The molecule has 0 saturated carbocycles. The Morgan fingerprint density at radius 3 is 2.27 bits per heavy atom. The van der Waals surface area contributed by atoms with Crippen molar-refractivity contribution in [3.8, 4) is 0 Å². The summed E-state index contributed by atoms with van der Waals surface area (Å²) in [6.45, 7) is 0. The van der Waals surface area contributed by atoms with E-state index in [1.54, 1.807) is 0 Å². The molecule has 1 rings (SSSR count). The first kappa shape index (κ1) is 7.93. The SMILES string of the molecule is CS(=O)(=O)c1nccnc1N. The number of nitrogens with two attached hydrogens (primary N) is 1. The van der Waals surface area contributed by atoms with Crippen LogP contribution in [-0.2, 0) is 9.84 Å². The Kier molecular flexibility index (Phi) is 1.77. The molecular weight excluding hydrogens is 166 g/mol. The second kappa shape index (κ2) is 2.46. The second-order valence-electron chi connectivity index (χ2n) is 2.02. The van der Waals surface area contributed by atoms with Gasteiger partial charge < -0.3 is 5.73 Å². The van der Waals surface area contributed by atoms with Gasteiger partial charge >= 0.3 is 0 Å². The normalized spacial score (nSPS) is 11.4. The quantitative estimate of drug-likeness (QED) is 0.616. The molecule has 0 atom stereocenters. The molecule has 0 bridgehead atoms. The van der Waals surface area contributed by atoms with Gasteiger partial charge in [-0.3, -0.25) is 0 Å². The number of nitrogen functional groups attached to an aromatic ring is 1. The Bertz CT molecular complexity index is 360. The third-order valence-electron chi connectivity index (χ3n) is 1.04. The van der Waals surface area contributed by atoms with Gasteiger partial charge in [-0.15, -0.1) is 0 Å². The summed E-state index contributed by atoms with van der Waals surface area (Å²) in [7, 11) is -3.33. The fraction of sp³-hybridized carbons (Fsp3) is 0.200. The smallest absolute Gasteiger partial charge is 0.197 e. The molecule has 0 fully saturated rings. The summed E-state index contributed by atoms with van der Waals surface area (Å²) in [5.41, 5.74) is 5.25. The van der Waals surface area contributed by atoms with Crippen LogP contribution in [0, 0.1) is 0 Å². The van der Waals surface area contributed by atoms with E-state index in [9.17, 15) is 8.42 Å². The molecule has 0 aliphatic rings. The highest BCUT2D eigenvalue weighted by atomic mass is 32.2. The summed E-state index contributed by atoms with van der Waals surface area (Å²) in [5.74, 6) is -0.0602. The molecule has 2 N–H and O–H groups in total. The standard InChI is InChI=1S/C5H7N3O2S/c1-11(9,10)5-4(6)7-2-3-8-5/h2-3H,1H3,(H2,6,7). The highest BCUT2D eigenvalue weighted by Gasteiger charge is 2.12. The number of rotatable bonds is 1. The van der Waals surface area contributed by atoms with Gasteiger partial charge in [0, 0.05) is 18.6 Å². The van der Waals surface area contributed by atoms with Crippen LogP contribution in [0.4, 0.5) is 5.82 Å². The van der Waals surface area contributed by atoms with Crippen molar-refractivity contribution in [2.24, 2.45) is 0 Å². The Balaban J connectivity index is 3.37. The van der Waals surface area contributed by atoms with Crippen molar-refractivity contribution in [1.82, 2.24) is 9.97 Å². The van der Waals surface area contributed by atoms with Gasteiger partial charge in [0.05, 0.1) is 0 Å². The van der Waals surface area contributed by atoms with Crippen molar-refractivity contribution in [1.29, 1.82) is 0 Å². The minimum atomic E-state index is -3.33. The van der Waals surface area contributed by atoms with Crippen LogP contribution < -0.4 is 5.73 Å². The summed E-state index contributed by atoms with van der Waals surface area (Å²) in [6, 6.07) is 0. The van der Waals surface area contributed by atoms with E-state index < -0.39 is 9.84 Å². The van der Waals surface area contributed by atoms with Crippen molar-refractivity contribution in [3.05, 3.63) is 12.4 Å². The molecule has 0 amide bonds. The van der Waals surface area contributed by atoms with Crippen molar-refractivity contribution in [3.63, 3.8) is 0 Å². The van der Waals surface area contributed by atoms with E-state index in [0.717, 1.165) is 6.26 Å². The van der Waals surface area contributed by atoms with Crippen LogP contribution in [0.3, 0.4) is 0 Å². The van der Waals surface area contributed by atoms with Gasteiger partial charge in [-0.2, -0.15) is 0 Å². The fourth-order valence-electron chi connectivity index (χ4n) is 0.622.